The molecule has 1 N–H and O–H groups in total. The maximum Gasteiger partial charge on any atom is 0.336 e. The number of rotatable bonds is 2. The van der Waals surface area contributed by atoms with E-state index in [1.165, 1.54) is 13.2 Å². The Labute approximate surface area is 97.7 Å². The lowest BCUT2D eigenvalue weighted by Crippen LogP contribution is -2.00. The highest BCUT2D eigenvalue weighted by atomic mass is 16.5. The van der Waals surface area contributed by atoms with Gasteiger partial charge in [0.15, 0.2) is 0 Å². The first-order valence-electron chi connectivity index (χ1n) is 4.92. The van der Waals surface area contributed by atoms with Crippen LogP contribution in [-0.2, 0) is 0 Å². The highest BCUT2D eigenvalue weighted by Gasteiger charge is 2.15. The van der Waals surface area contributed by atoms with Crippen LogP contribution in [0.15, 0.2) is 30.3 Å². The summed E-state index contributed by atoms with van der Waals surface area (Å²) in [5.74, 6) is -0.645. The number of benzene rings is 2. The lowest BCUT2D eigenvalue weighted by molar-refractivity contribution is 0.0699. The van der Waals surface area contributed by atoms with E-state index in [2.05, 4.69) is 0 Å². The lowest BCUT2D eigenvalue weighted by Gasteiger charge is -2.09. The molecule has 0 radical (unpaired) electrons. The minimum atomic E-state index is -1.06. The number of carboxylic acids is 1. The third-order valence-electron chi connectivity index (χ3n) is 2.55. The summed E-state index contributed by atoms with van der Waals surface area (Å²) in [7, 11) is 1.46. The zero-order valence-corrected chi connectivity index (χ0v) is 9.10. The van der Waals surface area contributed by atoms with E-state index in [0.717, 1.165) is 0 Å². The van der Waals surface area contributed by atoms with Gasteiger partial charge in [-0.25, -0.2) is 4.79 Å². The maximum atomic E-state index is 11.1. The molecule has 0 aliphatic heterocycles. The number of fused-ring (bicyclic) bond motifs is 1. The van der Waals surface area contributed by atoms with Gasteiger partial charge in [-0.15, -0.1) is 0 Å². The van der Waals surface area contributed by atoms with E-state index in [9.17, 15) is 4.79 Å². The van der Waals surface area contributed by atoms with E-state index < -0.39 is 5.97 Å². The molecular weight excluding hydrogens is 218 g/mol. The third kappa shape index (κ3) is 1.68. The molecule has 2 rings (SSSR count). The Morgan fingerprint density at radius 1 is 1.35 bits per heavy atom. The van der Waals surface area contributed by atoms with Gasteiger partial charge in [0.2, 0.25) is 0 Å². The molecule has 2 aromatic carbocycles. The number of nitriles is 1. The van der Waals surface area contributed by atoms with Gasteiger partial charge in [0, 0.05) is 5.39 Å². The van der Waals surface area contributed by atoms with Crippen LogP contribution in [0.5, 0.6) is 5.75 Å². The van der Waals surface area contributed by atoms with Gasteiger partial charge in [-0.3, -0.25) is 0 Å². The van der Waals surface area contributed by atoms with Crippen molar-refractivity contribution in [2.24, 2.45) is 0 Å². The van der Waals surface area contributed by atoms with Crippen molar-refractivity contribution in [1.29, 1.82) is 5.26 Å². The molecule has 0 aliphatic rings. The van der Waals surface area contributed by atoms with Crippen molar-refractivity contribution in [1.82, 2.24) is 0 Å². The molecule has 0 spiro atoms. The minimum Gasteiger partial charge on any atom is -0.495 e. The van der Waals surface area contributed by atoms with Crippen molar-refractivity contribution >= 4 is 16.7 Å². The maximum absolute atomic E-state index is 11.1. The number of hydrogen-bond acceptors (Lipinski definition) is 3. The Hall–Kier alpha value is -2.54. The second kappa shape index (κ2) is 4.14. The van der Waals surface area contributed by atoms with Gasteiger partial charge in [0.25, 0.3) is 0 Å². The van der Waals surface area contributed by atoms with Crippen LogP contribution in [0.3, 0.4) is 0 Å². The van der Waals surface area contributed by atoms with Crippen molar-refractivity contribution in [3.63, 3.8) is 0 Å². The van der Waals surface area contributed by atoms with Crippen LogP contribution in [-0.4, -0.2) is 18.2 Å². The number of hydrogen-bond donors (Lipinski definition) is 1. The van der Waals surface area contributed by atoms with Gasteiger partial charge < -0.3 is 9.84 Å². The molecule has 0 amide bonds. The average Bonchev–Trinajstić information content (AvgIpc) is 2.36. The largest absolute Gasteiger partial charge is 0.495 e. The predicted octanol–water partition coefficient (Wildman–Crippen LogP) is 2.42. The van der Waals surface area contributed by atoms with Crippen LogP contribution in [0.25, 0.3) is 10.8 Å². The Kier molecular flexibility index (Phi) is 2.67. The Morgan fingerprint density at radius 3 is 2.53 bits per heavy atom. The first kappa shape index (κ1) is 11.0. The molecule has 0 saturated heterocycles. The van der Waals surface area contributed by atoms with Crippen molar-refractivity contribution in [2.45, 2.75) is 0 Å². The fourth-order valence-corrected chi connectivity index (χ4v) is 1.83. The number of carboxylic acid groups (broad SMARTS) is 1. The van der Waals surface area contributed by atoms with Gasteiger partial charge in [-0.05, 0) is 11.5 Å². The standard InChI is InChI=1S/C13H9NO3/c1-17-12-8(7-14)6-11(13(15)16)9-4-2-3-5-10(9)12/h2-6H,1H3,(H,15,16). The predicted molar refractivity (Wildman–Crippen MR) is 62.2 cm³/mol. The fourth-order valence-electron chi connectivity index (χ4n) is 1.83. The SMILES string of the molecule is COc1c(C#N)cc(C(=O)O)c2ccccc12. The molecule has 0 fully saturated rings. The van der Waals surface area contributed by atoms with Gasteiger partial charge in [0.05, 0.1) is 18.2 Å². The first-order valence-corrected chi connectivity index (χ1v) is 4.92. The zero-order chi connectivity index (χ0) is 12.4. The molecular formula is C13H9NO3. The smallest absolute Gasteiger partial charge is 0.336 e. The summed E-state index contributed by atoms with van der Waals surface area (Å²) in [6, 6.07) is 10.2. The topological polar surface area (TPSA) is 70.3 Å². The molecule has 4 heteroatoms. The van der Waals surface area contributed by atoms with E-state index in [1.807, 2.05) is 6.07 Å². The highest BCUT2D eigenvalue weighted by Crippen LogP contribution is 2.32. The zero-order valence-electron chi connectivity index (χ0n) is 9.10. The molecule has 17 heavy (non-hydrogen) atoms. The van der Waals surface area contributed by atoms with Gasteiger partial charge in [-0.1, -0.05) is 24.3 Å². The number of ether oxygens (including phenoxy) is 1. The van der Waals surface area contributed by atoms with Crippen LogP contribution < -0.4 is 4.74 Å². The normalized spacial score (nSPS) is 9.88. The molecule has 2 aromatic rings. The van der Waals surface area contributed by atoms with Crippen LogP contribution in [0.1, 0.15) is 15.9 Å². The number of carbonyl (C=O) groups is 1. The molecule has 0 aromatic heterocycles. The lowest BCUT2D eigenvalue weighted by atomic mass is 10.00. The Balaban J connectivity index is 2.96. The summed E-state index contributed by atoms with van der Waals surface area (Å²) in [5, 5.41) is 19.3. The number of aromatic carboxylic acids is 1. The first-order chi connectivity index (χ1) is 8.19. The van der Waals surface area contributed by atoms with E-state index in [1.54, 1.807) is 24.3 Å². The van der Waals surface area contributed by atoms with Crippen LogP contribution in [0, 0.1) is 11.3 Å². The van der Waals surface area contributed by atoms with Gasteiger partial charge >= 0.3 is 5.97 Å². The van der Waals surface area contributed by atoms with Crippen molar-refractivity contribution in [3.05, 3.63) is 41.5 Å². The Bertz CT molecular complexity index is 641. The summed E-state index contributed by atoms with van der Waals surface area (Å²) >= 11 is 0. The fraction of sp³-hybridized carbons (Fsp3) is 0.0769. The molecule has 4 nitrogen and oxygen atoms in total. The molecule has 0 bridgehead atoms. The van der Waals surface area contributed by atoms with Crippen molar-refractivity contribution in [3.8, 4) is 11.8 Å². The molecule has 0 aliphatic carbocycles. The third-order valence-corrected chi connectivity index (χ3v) is 2.55. The summed E-state index contributed by atoms with van der Waals surface area (Å²) < 4.78 is 5.17. The Morgan fingerprint density at radius 2 is 2.00 bits per heavy atom. The minimum absolute atomic E-state index is 0.109. The van der Waals surface area contributed by atoms with Crippen LogP contribution in [0.2, 0.25) is 0 Å². The molecule has 0 heterocycles. The number of nitrogens with zero attached hydrogens (tertiary/aromatic N) is 1. The summed E-state index contributed by atoms with van der Waals surface area (Å²) in [6.45, 7) is 0. The highest BCUT2D eigenvalue weighted by molar-refractivity contribution is 6.06. The molecule has 84 valence electrons. The summed E-state index contributed by atoms with van der Waals surface area (Å²) in [5.41, 5.74) is 0.335. The molecule has 0 atom stereocenters. The monoisotopic (exact) mass is 227 g/mol. The van der Waals surface area contributed by atoms with E-state index in [4.69, 9.17) is 15.1 Å². The van der Waals surface area contributed by atoms with E-state index in [-0.39, 0.29) is 11.1 Å². The van der Waals surface area contributed by atoms with Crippen LogP contribution in [0.4, 0.5) is 0 Å². The van der Waals surface area contributed by atoms with Gasteiger partial charge in [0.1, 0.15) is 11.8 Å². The summed E-state index contributed by atoms with van der Waals surface area (Å²) in [6.07, 6.45) is 0. The van der Waals surface area contributed by atoms with Crippen LogP contribution >= 0.6 is 0 Å². The molecule has 0 saturated carbocycles. The van der Waals surface area contributed by atoms with Crippen molar-refractivity contribution in [2.75, 3.05) is 7.11 Å². The van der Waals surface area contributed by atoms with E-state index in [0.29, 0.717) is 16.5 Å². The molecule has 0 unspecified atom stereocenters. The van der Waals surface area contributed by atoms with Crippen molar-refractivity contribution < 1.29 is 14.6 Å². The second-order valence-corrected chi connectivity index (χ2v) is 3.47. The average molecular weight is 227 g/mol. The quantitative estimate of drug-likeness (QED) is 0.855. The number of methoxy groups -OCH3 is 1. The summed E-state index contributed by atoms with van der Waals surface area (Å²) in [4.78, 5) is 11.1. The van der Waals surface area contributed by atoms with Gasteiger partial charge in [-0.2, -0.15) is 5.26 Å². The van der Waals surface area contributed by atoms with E-state index >= 15 is 0 Å². The second-order valence-electron chi connectivity index (χ2n) is 3.47.